The molecule has 0 saturated carbocycles. The molecule has 0 aliphatic rings. The number of imidazole rings is 2. The van der Waals surface area contributed by atoms with Gasteiger partial charge in [-0.3, -0.25) is 8.97 Å². The largest absolute Gasteiger partial charge is 0.309 e. The second-order valence-electron chi connectivity index (χ2n) is 13.3. The van der Waals surface area contributed by atoms with Crippen molar-refractivity contribution in [2.75, 3.05) is 0 Å². The van der Waals surface area contributed by atoms with Crippen LogP contribution >= 0.6 is 11.3 Å². The third-order valence-corrected chi connectivity index (χ3v) is 11.7. The van der Waals surface area contributed by atoms with Crippen LogP contribution in [0.15, 0.2) is 164 Å². The number of benzene rings is 7. The molecule has 0 aliphatic heterocycles. The van der Waals surface area contributed by atoms with Crippen molar-refractivity contribution in [2.24, 2.45) is 0 Å². The molecule has 0 unspecified atom stereocenters. The lowest BCUT2D eigenvalue weighted by molar-refractivity contribution is 1.09. The number of para-hydroxylation sites is 6. The molecule has 5 heterocycles. The van der Waals surface area contributed by atoms with Crippen LogP contribution in [0.5, 0.6) is 0 Å². The van der Waals surface area contributed by atoms with Crippen LogP contribution in [0, 0.1) is 0 Å². The topological polar surface area (TPSA) is 32.1 Å². The molecule has 0 saturated heterocycles. The minimum Gasteiger partial charge on any atom is -0.309 e. The molecule has 238 valence electrons. The van der Waals surface area contributed by atoms with Crippen LogP contribution in [0.1, 0.15) is 0 Å². The summed E-state index contributed by atoms with van der Waals surface area (Å²) in [6.07, 6.45) is 0. The van der Waals surface area contributed by atoms with Gasteiger partial charge in [-0.2, -0.15) is 0 Å². The van der Waals surface area contributed by atoms with E-state index >= 15 is 0 Å². The van der Waals surface area contributed by atoms with Crippen molar-refractivity contribution >= 4 is 92.2 Å². The molecular formula is C45H27N5S. The Bertz CT molecular complexity index is 3330. The van der Waals surface area contributed by atoms with Gasteiger partial charge in [0.1, 0.15) is 4.83 Å². The SMILES string of the molecule is c1cc(-n2c3ccc(-n4c5ccccc5c5ccccc54)cc3c3c4ccccc4sc32)cc(-n2c3ccccc3n3c4ccccc4nc23)c1. The number of thiophene rings is 1. The first-order valence-electron chi connectivity index (χ1n) is 17.2. The summed E-state index contributed by atoms with van der Waals surface area (Å²) in [7, 11) is 0. The minimum absolute atomic E-state index is 0.912. The molecule has 5 aromatic heterocycles. The fraction of sp³-hybridized carbons (Fsp3) is 0. The highest BCUT2D eigenvalue weighted by molar-refractivity contribution is 7.25. The van der Waals surface area contributed by atoms with E-state index < -0.39 is 0 Å². The van der Waals surface area contributed by atoms with Crippen molar-refractivity contribution in [3.05, 3.63) is 164 Å². The van der Waals surface area contributed by atoms with Crippen LogP contribution in [0.2, 0.25) is 0 Å². The summed E-state index contributed by atoms with van der Waals surface area (Å²) in [5, 5.41) is 6.38. The van der Waals surface area contributed by atoms with Gasteiger partial charge in [0.15, 0.2) is 0 Å². The third-order valence-electron chi connectivity index (χ3n) is 10.6. The van der Waals surface area contributed by atoms with E-state index in [4.69, 9.17) is 4.98 Å². The van der Waals surface area contributed by atoms with Crippen molar-refractivity contribution in [1.29, 1.82) is 0 Å². The lowest BCUT2D eigenvalue weighted by Crippen LogP contribution is -1.99. The van der Waals surface area contributed by atoms with Gasteiger partial charge in [-0.1, -0.05) is 84.9 Å². The van der Waals surface area contributed by atoms with Gasteiger partial charge in [0, 0.05) is 43.0 Å². The Hall–Kier alpha value is -6.63. The second-order valence-corrected chi connectivity index (χ2v) is 14.3. The molecule has 6 heteroatoms. The Morgan fingerprint density at radius 2 is 0.980 bits per heavy atom. The zero-order chi connectivity index (χ0) is 33.2. The first-order chi connectivity index (χ1) is 25.3. The fourth-order valence-electron chi connectivity index (χ4n) is 8.45. The summed E-state index contributed by atoms with van der Waals surface area (Å²) in [4.78, 5) is 6.39. The fourth-order valence-corrected chi connectivity index (χ4v) is 9.70. The number of fused-ring (bicyclic) bond motifs is 13. The van der Waals surface area contributed by atoms with Gasteiger partial charge in [-0.15, -0.1) is 11.3 Å². The zero-order valence-corrected chi connectivity index (χ0v) is 28.0. The Balaban J connectivity index is 1.14. The molecule has 0 fully saturated rings. The van der Waals surface area contributed by atoms with Gasteiger partial charge < -0.3 is 9.13 Å². The maximum absolute atomic E-state index is 5.15. The average Bonchev–Trinajstić information content (AvgIpc) is 3.97. The van der Waals surface area contributed by atoms with Gasteiger partial charge in [-0.05, 0) is 78.9 Å². The first kappa shape index (κ1) is 27.2. The minimum atomic E-state index is 0.912. The molecule has 51 heavy (non-hydrogen) atoms. The van der Waals surface area contributed by atoms with E-state index in [1.165, 1.54) is 53.0 Å². The molecule has 0 amide bonds. The molecule has 0 radical (unpaired) electrons. The van der Waals surface area contributed by atoms with Crippen LogP contribution in [-0.4, -0.2) is 23.1 Å². The van der Waals surface area contributed by atoms with Crippen LogP contribution < -0.4 is 0 Å². The van der Waals surface area contributed by atoms with Crippen LogP contribution in [0.3, 0.4) is 0 Å². The molecule has 0 bridgehead atoms. The van der Waals surface area contributed by atoms with E-state index in [1.807, 2.05) is 11.3 Å². The number of hydrogen-bond acceptors (Lipinski definition) is 2. The van der Waals surface area contributed by atoms with Crippen LogP contribution in [0.4, 0.5) is 0 Å². The second kappa shape index (κ2) is 9.97. The molecule has 0 atom stereocenters. The molecule has 5 nitrogen and oxygen atoms in total. The number of nitrogens with zero attached hydrogens (tertiary/aromatic N) is 5. The standard InChI is InChI=1S/C45H27N5S/c1-5-18-36-31(14-1)32-15-2-6-19-37(32)47(36)30-24-25-38-34(27-30)43-33-16-3-10-23-42(33)51-44(43)48(38)28-12-11-13-29(26-28)49-40-21-8-9-22-41(40)50-39-20-7-4-17-35(39)46-45(49)50/h1-27H. The molecule has 0 spiro atoms. The van der Waals surface area contributed by atoms with E-state index in [-0.39, 0.29) is 0 Å². The van der Waals surface area contributed by atoms with Gasteiger partial charge >= 0.3 is 0 Å². The van der Waals surface area contributed by atoms with E-state index in [1.54, 1.807) is 0 Å². The molecule has 0 aliphatic carbocycles. The van der Waals surface area contributed by atoms with Gasteiger partial charge in [0.05, 0.1) is 44.3 Å². The molecule has 7 aromatic carbocycles. The highest BCUT2D eigenvalue weighted by Crippen LogP contribution is 2.44. The summed E-state index contributed by atoms with van der Waals surface area (Å²) in [5.74, 6) is 0.912. The maximum atomic E-state index is 5.15. The van der Waals surface area contributed by atoms with Crippen molar-refractivity contribution in [1.82, 2.24) is 23.1 Å². The smallest absolute Gasteiger partial charge is 0.220 e. The zero-order valence-electron chi connectivity index (χ0n) is 27.2. The highest BCUT2D eigenvalue weighted by Gasteiger charge is 2.21. The van der Waals surface area contributed by atoms with E-state index in [0.29, 0.717) is 0 Å². The number of aromatic nitrogens is 5. The Morgan fingerprint density at radius 3 is 1.76 bits per heavy atom. The Kier molecular flexibility index (Phi) is 5.32. The first-order valence-corrected chi connectivity index (χ1v) is 18.1. The summed E-state index contributed by atoms with van der Waals surface area (Å²) in [6.45, 7) is 0. The summed E-state index contributed by atoms with van der Waals surface area (Å²) in [5.41, 5.74) is 11.4. The molecule has 0 N–H and O–H groups in total. The van der Waals surface area contributed by atoms with Crippen molar-refractivity contribution in [3.8, 4) is 17.1 Å². The highest BCUT2D eigenvalue weighted by atomic mass is 32.1. The molecule has 12 aromatic rings. The predicted octanol–water partition coefficient (Wildman–Crippen LogP) is 11.8. The third kappa shape index (κ3) is 3.61. The van der Waals surface area contributed by atoms with E-state index in [9.17, 15) is 0 Å². The normalized spacial score (nSPS) is 12.3. The van der Waals surface area contributed by atoms with E-state index in [0.717, 1.165) is 44.9 Å². The number of hydrogen-bond donors (Lipinski definition) is 0. The number of rotatable bonds is 3. The summed E-state index contributed by atoms with van der Waals surface area (Å²) < 4.78 is 10.7. The van der Waals surface area contributed by atoms with E-state index in [2.05, 4.69) is 182 Å². The lowest BCUT2D eigenvalue weighted by Gasteiger charge is -2.12. The predicted molar refractivity (Wildman–Crippen MR) is 214 cm³/mol. The van der Waals surface area contributed by atoms with Crippen molar-refractivity contribution < 1.29 is 0 Å². The lowest BCUT2D eigenvalue weighted by atomic mass is 10.1. The Labute approximate surface area is 295 Å². The van der Waals surface area contributed by atoms with Crippen molar-refractivity contribution in [3.63, 3.8) is 0 Å². The Morgan fingerprint density at radius 1 is 0.392 bits per heavy atom. The molecule has 12 rings (SSSR count). The van der Waals surface area contributed by atoms with Gasteiger partial charge in [0.2, 0.25) is 5.78 Å². The van der Waals surface area contributed by atoms with Gasteiger partial charge in [0.25, 0.3) is 0 Å². The van der Waals surface area contributed by atoms with Crippen LogP contribution in [-0.2, 0) is 0 Å². The monoisotopic (exact) mass is 669 g/mol. The van der Waals surface area contributed by atoms with Crippen molar-refractivity contribution in [2.45, 2.75) is 0 Å². The summed E-state index contributed by atoms with van der Waals surface area (Å²) >= 11 is 1.86. The van der Waals surface area contributed by atoms with Gasteiger partial charge in [-0.25, -0.2) is 4.98 Å². The molecular weight excluding hydrogens is 643 g/mol. The van der Waals surface area contributed by atoms with Crippen LogP contribution in [0.25, 0.3) is 97.9 Å². The summed E-state index contributed by atoms with van der Waals surface area (Å²) in [6, 6.07) is 59.2. The maximum Gasteiger partial charge on any atom is 0.220 e. The average molecular weight is 670 g/mol. The quantitative estimate of drug-likeness (QED) is 0.184.